The highest BCUT2D eigenvalue weighted by Gasteiger charge is 2.40. The van der Waals surface area contributed by atoms with Crippen LogP contribution in [0.15, 0.2) is 121 Å². The van der Waals surface area contributed by atoms with E-state index in [2.05, 4.69) is 183 Å². The highest BCUT2D eigenvalue weighted by molar-refractivity contribution is 5.97. The Morgan fingerprint density at radius 1 is 0.589 bits per heavy atom. The molecule has 0 unspecified atom stereocenters. The van der Waals surface area contributed by atoms with Gasteiger partial charge in [0, 0.05) is 28.6 Å². The van der Waals surface area contributed by atoms with E-state index in [1.54, 1.807) is 0 Å². The molecule has 1 N–H and O–H groups in total. The van der Waals surface area contributed by atoms with Crippen molar-refractivity contribution in [2.45, 2.75) is 104 Å². The van der Waals surface area contributed by atoms with Gasteiger partial charge in [-0.3, -0.25) is 9.55 Å². The molecule has 0 radical (unpaired) electrons. The van der Waals surface area contributed by atoms with E-state index in [1.807, 2.05) is 12.3 Å². The third kappa shape index (κ3) is 6.63. The van der Waals surface area contributed by atoms with Gasteiger partial charge < -0.3 is 5.11 Å². The molecule has 2 heterocycles. The largest absolute Gasteiger partial charge is 0.507 e. The zero-order valence-corrected chi connectivity index (χ0v) is 34.8. The zero-order valence-electron chi connectivity index (χ0n) is 34.8. The number of phenols is 1. The third-order valence-corrected chi connectivity index (χ3v) is 12.1. The molecule has 0 atom stereocenters. The van der Waals surface area contributed by atoms with E-state index >= 15 is 0 Å². The van der Waals surface area contributed by atoms with Gasteiger partial charge in [-0.2, -0.15) is 0 Å². The van der Waals surface area contributed by atoms with E-state index in [0.717, 1.165) is 74.5 Å². The molecule has 4 heteroatoms. The molecule has 7 aromatic rings. The second-order valence-electron chi connectivity index (χ2n) is 19.2. The number of pyridine rings is 1. The van der Waals surface area contributed by atoms with E-state index in [-0.39, 0.29) is 21.7 Å². The molecule has 0 amide bonds. The Morgan fingerprint density at radius 2 is 1.27 bits per heavy atom. The number of hydrogen-bond acceptors (Lipinski definition) is 3. The fourth-order valence-electron chi connectivity index (χ4n) is 8.55. The summed E-state index contributed by atoms with van der Waals surface area (Å²) >= 11 is 0. The summed E-state index contributed by atoms with van der Waals surface area (Å²) < 4.78 is 2.21. The normalized spacial score (nSPS) is 15.2. The Balaban J connectivity index is 1.33. The lowest BCUT2D eigenvalue weighted by Crippen LogP contribution is -2.34. The maximum atomic E-state index is 12.3. The number of phenolic OH excluding ortho intramolecular Hbond substituents is 1. The fraction of sp³-hybridized carbons (Fsp3) is 0.308. The number of hydrogen-bond donors (Lipinski definition) is 1. The summed E-state index contributed by atoms with van der Waals surface area (Å²) in [5.74, 6) is 1.07. The first-order valence-electron chi connectivity index (χ1n) is 20.1. The van der Waals surface area contributed by atoms with Crippen LogP contribution in [0.4, 0.5) is 0 Å². The van der Waals surface area contributed by atoms with Crippen molar-refractivity contribution in [1.29, 1.82) is 0 Å². The number of fused-ring (bicyclic) bond motifs is 2. The maximum Gasteiger partial charge on any atom is 0.149 e. The van der Waals surface area contributed by atoms with Crippen LogP contribution in [0.5, 0.6) is 5.75 Å². The SMILES string of the molecule is CC(C)(C)c1ccc(-c2ccnc(-c3cc(-c4cccc5c4nc(-c4ccc6c(c4O)C(C)(C)CCC6(C)C)n5-c4ccccc4)cc(C(C)(C)C)c3)c2)cc1. The predicted molar refractivity (Wildman–Crippen MR) is 235 cm³/mol. The Morgan fingerprint density at radius 3 is 1.96 bits per heavy atom. The molecule has 1 aliphatic rings. The second-order valence-corrected chi connectivity index (χ2v) is 19.2. The average molecular weight is 738 g/mol. The summed E-state index contributed by atoms with van der Waals surface area (Å²) in [5, 5.41) is 12.3. The highest BCUT2D eigenvalue weighted by Crippen LogP contribution is 2.52. The Kier molecular flexibility index (Phi) is 8.91. The first kappa shape index (κ1) is 37.4. The molecule has 0 spiro atoms. The number of aromatic nitrogens is 3. The van der Waals surface area contributed by atoms with Crippen LogP contribution in [0.3, 0.4) is 0 Å². The maximum absolute atomic E-state index is 12.3. The van der Waals surface area contributed by atoms with Crippen LogP contribution < -0.4 is 0 Å². The fourth-order valence-corrected chi connectivity index (χ4v) is 8.55. The molecule has 0 bridgehead atoms. The van der Waals surface area contributed by atoms with Gasteiger partial charge in [0.15, 0.2) is 0 Å². The van der Waals surface area contributed by atoms with Gasteiger partial charge in [-0.25, -0.2) is 4.98 Å². The highest BCUT2D eigenvalue weighted by atomic mass is 16.3. The van der Waals surface area contributed by atoms with Gasteiger partial charge in [0.2, 0.25) is 0 Å². The van der Waals surface area contributed by atoms with Crippen LogP contribution in [0.1, 0.15) is 104 Å². The minimum absolute atomic E-state index is 0.0192. The van der Waals surface area contributed by atoms with Crippen molar-refractivity contribution in [3.8, 4) is 56.3 Å². The summed E-state index contributed by atoms with van der Waals surface area (Å²) in [7, 11) is 0. The number of para-hydroxylation sites is 2. The van der Waals surface area contributed by atoms with Crippen molar-refractivity contribution in [2.75, 3.05) is 0 Å². The van der Waals surface area contributed by atoms with E-state index in [4.69, 9.17) is 9.97 Å². The molecule has 0 saturated heterocycles. The molecule has 8 rings (SSSR count). The van der Waals surface area contributed by atoms with Crippen molar-refractivity contribution >= 4 is 11.0 Å². The standard InChI is InChI=1S/C52H55N3O/c1-49(2,3)37-21-19-33(20-22-37)34-25-28-53-43(32-34)36-29-35(30-38(31-36)50(4,5)6)40-17-14-18-44-46(40)54-48(55(44)39-15-12-11-13-16-39)41-23-24-42-45(47(41)56)52(9,10)27-26-51(42,7)8/h11-25,28-32,56H,26-27H2,1-10H3. The van der Waals surface area contributed by atoms with Crippen LogP contribution >= 0.6 is 0 Å². The molecular formula is C52H55N3O. The van der Waals surface area contributed by atoms with Crippen molar-refractivity contribution in [3.05, 3.63) is 144 Å². The summed E-state index contributed by atoms with van der Waals surface area (Å²) in [5.41, 5.74) is 14.7. The average Bonchev–Trinajstić information content (AvgIpc) is 3.56. The molecule has 4 nitrogen and oxygen atoms in total. The molecule has 5 aromatic carbocycles. The lowest BCUT2D eigenvalue weighted by atomic mass is 9.62. The van der Waals surface area contributed by atoms with Gasteiger partial charge in [-0.1, -0.05) is 136 Å². The van der Waals surface area contributed by atoms with Gasteiger partial charge in [-0.05, 0) is 116 Å². The summed E-state index contributed by atoms with van der Waals surface area (Å²) in [6.45, 7) is 22.6. The monoisotopic (exact) mass is 737 g/mol. The topological polar surface area (TPSA) is 50.9 Å². The summed E-state index contributed by atoms with van der Waals surface area (Å²) in [4.78, 5) is 10.4. The van der Waals surface area contributed by atoms with Crippen LogP contribution in [-0.4, -0.2) is 19.6 Å². The third-order valence-electron chi connectivity index (χ3n) is 12.1. The van der Waals surface area contributed by atoms with E-state index in [1.165, 1.54) is 22.3 Å². The van der Waals surface area contributed by atoms with Gasteiger partial charge in [0.25, 0.3) is 0 Å². The minimum Gasteiger partial charge on any atom is -0.507 e. The predicted octanol–water partition coefficient (Wildman–Crippen LogP) is 13.7. The zero-order chi connectivity index (χ0) is 39.8. The molecule has 56 heavy (non-hydrogen) atoms. The number of imidazole rings is 1. The number of benzene rings is 5. The van der Waals surface area contributed by atoms with Crippen molar-refractivity contribution in [1.82, 2.24) is 14.5 Å². The number of rotatable bonds is 5. The number of nitrogens with zero attached hydrogens (tertiary/aromatic N) is 3. The Labute approximate surface area is 333 Å². The van der Waals surface area contributed by atoms with Crippen molar-refractivity contribution < 1.29 is 5.11 Å². The smallest absolute Gasteiger partial charge is 0.149 e. The van der Waals surface area contributed by atoms with Gasteiger partial charge in [-0.15, -0.1) is 0 Å². The van der Waals surface area contributed by atoms with Crippen LogP contribution in [0.25, 0.3) is 61.6 Å². The minimum atomic E-state index is -0.162. The first-order valence-corrected chi connectivity index (χ1v) is 20.1. The molecule has 0 saturated carbocycles. The van der Waals surface area contributed by atoms with Crippen LogP contribution in [0.2, 0.25) is 0 Å². The van der Waals surface area contributed by atoms with E-state index in [0.29, 0.717) is 5.75 Å². The summed E-state index contributed by atoms with van der Waals surface area (Å²) in [6, 6.07) is 41.3. The Bertz CT molecular complexity index is 2590. The Hall–Kier alpha value is -5.48. The van der Waals surface area contributed by atoms with Gasteiger partial charge >= 0.3 is 0 Å². The van der Waals surface area contributed by atoms with Crippen molar-refractivity contribution in [2.24, 2.45) is 0 Å². The second kappa shape index (κ2) is 13.3. The lowest BCUT2D eigenvalue weighted by molar-refractivity contribution is 0.318. The molecule has 0 aliphatic heterocycles. The summed E-state index contributed by atoms with van der Waals surface area (Å²) in [6.07, 6.45) is 4.02. The molecule has 2 aromatic heterocycles. The van der Waals surface area contributed by atoms with E-state index < -0.39 is 0 Å². The van der Waals surface area contributed by atoms with Crippen molar-refractivity contribution in [3.63, 3.8) is 0 Å². The number of aromatic hydroxyl groups is 1. The molecule has 0 fully saturated rings. The van der Waals surface area contributed by atoms with Crippen LogP contribution in [0, 0.1) is 0 Å². The quantitative estimate of drug-likeness (QED) is 0.191. The van der Waals surface area contributed by atoms with Gasteiger partial charge in [0.05, 0.1) is 22.3 Å². The first-order chi connectivity index (χ1) is 26.4. The van der Waals surface area contributed by atoms with E-state index in [9.17, 15) is 5.11 Å². The van der Waals surface area contributed by atoms with Crippen LogP contribution in [-0.2, 0) is 21.7 Å². The molecule has 1 aliphatic carbocycles. The lowest BCUT2D eigenvalue weighted by Gasteiger charge is -2.42. The molecule has 284 valence electrons. The van der Waals surface area contributed by atoms with Gasteiger partial charge in [0.1, 0.15) is 11.6 Å². The molecular weight excluding hydrogens is 683 g/mol.